The Labute approximate surface area is 162 Å². The van der Waals surface area contributed by atoms with Crippen LogP contribution in [0.2, 0.25) is 5.02 Å². The molecule has 2 rings (SSSR count). The van der Waals surface area contributed by atoms with Gasteiger partial charge in [-0.3, -0.25) is 14.9 Å². The Morgan fingerprint density at radius 1 is 1.19 bits per heavy atom. The molecule has 2 aromatic carbocycles. The number of anilines is 1. The van der Waals surface area contributed by atoms with E-state index in [1.54, 1.807) is 13.8 Å². The lowest BCUT2D eigenvalue weighted by Crippen LogP contribution is -2.33. The molecule has 0 aliphatic carbocycles. The SMILES string of the molecule is CC(C)N(C)S(=O)(=O)c1ccc(Cl)c(C(=O)Nc2ccc([N+](=O)[O-])cc2)c1. The summed E-state index contributed by atoms with van der Waals surface area (Å²) in [5, 5.41) is 13.3. The van der Waals surface area contributed by atoms with Crippen LogP contribution in [0.3, 0.4) is 0 Å². The summed E-state index contributed by atoms with van der Waals surface area (Å²) in [5.41, 5.74) is 0.179. The van der Waals surface area contributed by atoms with Crippen LogP contribution in [-0.2, 0) is 10.0 Å². The molecule has 0 atom stereocenters. The van der Waals surface area contributed by atoms with E-state index in [1.807, 2.05) is 0 Å². The first-order valence-corrected chi connectivity index (χ1v) is 9.69. The second kappa shape index (κ2) is 8.03. The number of non-ortho nitro benzene ring substituents is 1. The number of benzene rings is 2. The Morgan fingerprint density at radius 3 is 2.30 bits per heavy atom. The van der Waals surface area contributed by atoms with Gasteiger partial charge in [-0.15, -0.1) is 0 Å². The number of carbonyl (C=O) groups excluding carboxylic acids is 1. The van der Waals surface area contributed by atoms with Crippen molar-refractivity contribution < 1.29 is 18.1 Å². The summed E-state index contributed by atoms with van der Waals surface area (Å²) in [4.78, 5) is 22.6. The van der Waals surface area contributed by atoms with E-state index >= 15 is 0 Å². The Hall–Kier alpha value is -2.49. The summed E-state index contributed by atoms with van der Waals surface area (Å²) in [7, 11) is -2.33. The summed E-state index contributed by atoms with van der Waals surface area (Å²) in [6.07, 6.45) is 0. The van der Waals surface area contributed by atoms with Gasteiger partial charge in [-0.1, -0.05) is 11.6 Å². The number of amides is 1. The number of nitro groups is 1. The van der Waals surface area contributed by atoms with Crippen LogP contribution in [-0.4, -0.2) is 36.6 Å². The molecule has 27 heavy (non-hydrogen) atoms. The molecule has 0 aliphatic heterocycles. The predicted molar refractivity (Wildman–Crippen MR) is 103 cm³/mol. The highest BCUT2D eigenvalue weighted by atomic mass is 35.5. The normalized spacial score (nSPS) is 11.6. The molecule has 1 amide bonds. The highest BCUT2D eigenvalue weighted by Gasteiger charge is 2.25. The molecule has 0 unspecified atom stereocenters. The minimum absolute atomic E-state index is 0.0201. The van der Waals surface area contributed by atoms with Gasteiger partial charge in [0.15, 0.2) is 0 Å². The van der Waals surface area contributed by atoms with Crippen molar-refractivity contribution in [2.75, 3.05) is 12.4 Å². The number of rotatable bonds is 6. The van der Waals surface area contributed by atoms with Gasteiger partial charge in [0.2, 0.25) is 10.0 Å². The zero-order chi connectivity index (χ0) is 20.4. The van der Waals surface area contributed by atoms with Gasteiger partial charge in [0.1, 0.15) is 0 Å². The van der Waals surface area contributed by atoms with E-state index in [0.717, 1.165) is 0 Å². The monoisotopic (exact) mass is 411 g/mol. The maximum Gasteiger partial charge on any atom is 0.269 e. The van der Waals surface area contributed by atoms with Crippen molar-refractivity contribution in [2.24, 2.45) is 0 Å². The molecule has 2 aromatic rings. The Bertz CT molecular complexity index is 975. The van der Waals surface area contributed by atoms with Crippen molar-refractivity contribution in [3.8, 4) is 0 Å². The van der Waals surface area contributed by atoms with Gasteiger partial charge in [-0.2, -0.15) is 4.31 Å². The molecule has 0 saturated heterocycles. The molecule has 144 valence electrons. The summed E-state index contributed by atoms with van der Waals surface area (Å²) in [6, 6.07) is 8.85. The molecule has 1 N–H and O–H groups in total. The molecule has 0 aliphatic rings. The highest BCUT2D eigenvalue weighted by Crippen LogP contribution is 2.25. The molecule has 0 spiro atoms. The van der Waals surface area contributed by atoms with Crippen molar-refractivity contribution >= 4 is 38.9 Å². The van der Waals surface area contributed by atoms with Gasteiger partial charge in [0.25, 0.3) is 11.6 Å². The van der Waals surface area contributed by atoms with Crippen LogP contribution < -0.4 is 5.32 Å². The number of halogens is 1. The van der Waals surface area contributed by atoms with E-state index in [9.17, 15) is 23.3 Å². The number of nitrogens with one attached hydrogen (secondary N) is 1. The summed E-state index contributed by atoms with van der Waals surface area (Å²) in [6.45, 7) is 3.46. The van der Waals surface area contributed by atoms with E-state index in [4.69, 9.17) is 11.6 Å². The minimum atomic E-state index is -3.78. The predicted octanol–water partition coefficient (Wildman–Crippen LogP) is 3.53. The van der Waals surface area contributed by atoms with E-state index in [1.165, 1.54) is 53.8 Å². The fourth-order valence-electron chi connectivity index (χ4n) is 2.15. The van der Waals surface area contributed by atoms with Crippen LogP contribution in [0.1, 0.15) is 24.2 Å². The lowest BCUT2D eigenvalue weighted by atomic mass is 10.2. The number of carbonyl (C=O) groups is 1. The minimum Gasteiger partial charge on any atom is -0.322 e. The van der Waals surface area contributed by atoms with Gasteiger partial charge in [-0.25, -0.2) is 8.42 Å². The standard InChI is InChI=1S/C17H18ClN3O5S/c1-11(2)20(3)27(25,26)14-8-9-16(18)15(10-14)17(22)19-12-4-6-13(7-5-12)21(23)24/h4-11H,1-3H3,(H,19,22). The first-order chi connectivity index (χ1) is 12.5. The second-order valence-electron chi connectivity index (χ2n) is 6.01. The topological polar surface area (TPSA) is 110 Å². The second-order valence-corrected chi connectivity index (χ2v) is 8.42. The Morgan fingerprint density at radius 2 is 1.78 bits per heavy atom. The number of sulfonamides is 1. The molecular formula is C17H18ClN3O5S. The fourth-order valence-corrected chi connectivity index (χ4v) is 3.75. The van der Waals surface area contributed by atoms with Gasteiger partial charge in [-0.05, 0) is 44.2 Å². The van der Waals surface area contributed by atoms with Gasteiger partial charge < -0.3 is 5.32 Å². The van der Waals surface area contributed by atoms with Crippen LogP contribution >= 0.6 is 11.6 Å². The lowest BCUT2D eigenvalue weighted by molar-refractivity contribution is -0.384. The van der Waals surface area contributed by atoms with Gasteiger partial charge in [0, 0.05) is 30.9 Å². The van der Waals surface area contributed by atoms with E-state index in [-0.39, 0.29) is 27.2 Å². The molecule has 0 heterocycles. The number of hydrogen-bond acceptors (Lipinski definition) is 5. The van der Waals surface area contributed by atoms with Crippen molar-refractivity contribution in [2.45, 2.75) is 24.8 Å². The number of nitrogens with zero attached hydrogens (tertiary/aromatic N) is 2. The molecule has 0 fully saturated rings. The highest BCUT2D eigenvalue weighted by molar-refractivity contribution is 7.89. The molecule has 0 aromatic heterocycles. The first-order valence-electron chi connectivity index (χ1n) is 7.87. The average Bonchev–Trinajstić information content (AvgIpc) is 2.61. The summed E-state index contributed by atoms with van der Waals surface area (Å²) >= 11 is 6.06. The van der Waals surface area contributed by atoms with Crippen molar-refractivity contribution in [3.05, 3.63) is 63.2 Å². The van der Waals surface area contributed by atoms with Gasteiger partial charge >= 0.3 is 0 Å². The van der Waals surface area contributed by atoms with Crippen molar-refractivity contribution in [1.82, 2.24) is 4.31 Å². The van der Waals surface area contributed by atoms with Crippen LogP contribution in [0.25, 0.3) is 0 Å². The zero-order valence-corrected chi connectivity index (χ0v) is 16.4. The third-order valence-corrected chi connectivity index (χ3v) is 6.28. The molecule has 0 radical (unpaired) electrons. The molecule has 10 heteroatoms. The first kappa shape index (κ1) is 20.8. The maximum atomic E-state index is 12.6. The molecule has 0 bridgehead atoms. The quantitative estimate of drug-likeness (QED) is 0.577. The van der Waals surface area contributed by atoms with Gasteiger partial charge in [0.05, 0.1) is 20.4 Å². The Kier molecular flexibility index (Phi) is 6.19. The lowest BCUT2D eigenvalue weighted by Gasteiger charge is -2.21. The Balaban J connectivity index is 2.32. The summed E-state index contributed by atoms with van der Waals surface area (Å²) < 4.78 is 26.4. The third kappa shape index (κ3) is 4.62. The molecular weight excluding hydrogens is 394 g/mol. The van der Waals surface area contributed by atoms with Crippen molar-refractivity contribution in [3.63, 3.8) is 0 Å². The largest absolute Gasteiger partial charge is 0.322 e. The molecule has 8 nitrogen and oxygen atoms in total. The smallest absolute Gasteiger partial charge is 0.269 e. The molecule has 0 saturated carbocycles. The number of nitro benzene ring substituents is 1. The summed E-state index contributed by atoms with van der Waals surface area (Å²) in [5.74, 6) is -0.627. The zero-order valence-electron chi connectivity index (χ0n) is 14.8. The van der Waals surface area contributed by atoms with E-state index in [2.05, 4.69) is 5.32 Å². The number of hydrogen-bond donors (Lipinski definition) is 1. The van der Waals surface area contributed by atoms with Crippen LogP contribution in [0.4, 0.5) is 11.4 Å². The van der Waals surface area contributed by atoms with Crippen LogP contribution in [0, 0.1) is 10.1 Å². The fraction of sp³-hybridized carbons (Fsp3) is 0.235. The van der Waals surface area contributed by atoms with E-state index in [0.29, 0.717) is 5.69 Å². The van der Waals surface area contributed by atoms with Crippen LogP contribution in [0.15, 0.2) is 47.4 Å². The third-order valence-electron chi connectivity index (χ3n) is 3.92. The van der Waals surface area contributed by atoms with Crippen molar-refractivity contribution in [1.29, 1.82) is 0 Å². The van der Waals surface area contributed by atoms with Crippen LogP contribution in [0.5, 0.6) is 0 Å². The average molecular weight is 412 g/mol. The maximum absolute atomic E-state index is 12.6. The van der Waals surface area contributed by atoms with E-state index < -0.39 is 20.9 Å².